The van der Waals surface area contributed by atoms with E-state index in [4.69, 9.17) is 0 Å². The third-order valence-corrected chi connectivity index (χ3v) is 6.07. The Kier molecular flexibility index (Phi) is 5.23. The maximum Gasteiger partial charge on any atom is 0.261 e. The maximum atomic E-state index is 12.7. The number of fused-ring (bicyclic) bond motifs is 2. The van der Waals surface area contributed by atoms with Crippen LogP contribution in [0.25, 0.3) is 10.8 Å². The van der Waals surface area contributed by atoms with Gasteiger partial charge in [0.15, 0.2) is 0 Å². The van der Waals surface area contributed by atoms with Crippen molar-refractivity contribution >= 4 is 38.9 Å². The van der Waals surface area contributed by atoms with E-state index in [1.807, 2.05) is 48.5 Å². The Morgan fingerprint density at radius 3 is 2.50 bits per heavy atom. The van der Waals surface area contributed by atoms with Crippen LogP contribution in [0.5, 0.6) is 0 Å². The highest BCUT2D eigenvalue weighted by atomic mass is 35.5. The second-order valence-electron chi connectivity index (χ2n) is 6.59. The van der Waals surface area contributed by atoms with Crippen molar-refractivity contribution in [1.82, 2.24) is 4.90 Å². The van der Waals surface area contributed by atoms with Crippen LogP contribution in [0.2, 0.25) is 0 Å². The smallest absolute Gasteiger partial charge is 0.261 e. The molecule has 0 bridgehead atoms. The zero-order valence-corrected chi connectivity index (χ0v) is 16.1. The average Bonchev–Trinajstić information content (AvgIpc) is 2.61. The van der Waals surface area contributed by atoms with Gasteiger partial charge in [-0.2, -0.15) is 0 Å². The zero-order chi connectivity index (χ0) is 17.4. The molecule has 0 aliphatic carbocycles. The van der Waals surface area contributed by atoms with E-state index >= 15 is 0 Å². The fourth-order valence-electron chi connectivity index (χ4n) is 3.31. The number of anilines is 1. The minimum Gasteiger partial charge on any atom is -0.302 e. The van der Waals surface area contributed by atoms with Crippen LogP contribution in [-0.4, -0.2) is 26.9 Å². The van der Waals surface area contributed by atoms with Gasteiger partial charge in [-0.3, -0.25) is 4.72 Å². The van der Waals surface area contributed by atoms with Crippen molar-refractivity contribution in [3.05, 3.63) is 71.8 Å². The fourth-order valence-corrected chi connectivity index (χ4v) is 4.39. The van der Waals surface area contributed by atoms with E-state index in [9.17, 15) is 8.42 Å². The van der Waals surface area contributed by atoms with Crippen LogP contribution in [0.15, 0.2) is 65.6 Å². The van der Waals surface area contributed by atoms with Crippen LogP contribution < -0.4 is 4.72 Å². The highest BCUT2D eigenvalue weighted by Crippen LogP contribution is 2.25. The lowest BCUT2D eigenvalue weighted by molar-refractivity contribution is 0.313. The molecule has 0 saturated carbocycles. The molecule has 0 atom stereocenters. The summed E-state index contributed by atoms with van der Waals surface area (Å²) in [6, 6.07) is 18.8. The van der Waals surface area contributed by atoms with Crippen molar-refractivity contribution in [3.8, 4) is 0 Å². The number of hydrogen-bond acceptors (Lipinski definition) is 3. The zero-order valence-electron chi connectivity index (χ0n) is 14.5. The van der Waals surface area contributed by atoms with Crippen LogP contribution in [0.4, 0.5) is 5.69 Å². The van der Waals surface area contributed by atoms with Crippen molar-refractivity contribution in [3.63, 3.8) is 0 Å². The van der Waals surface area contributed by atoms with Crippen molar-refractivity contribution in [2.45, 2.75) is 17.9 Å². The van der Waals surface area contributed by atoms with E-state index < -0.39 is 10.0 Å². The normalized spacial score (nSPS) is 14.5. The lowest BCUT2D eigenvalue weighted by Crippen LogP contribution is -2.26. The molecule has 0 unspecified atom stereocenters. The molecule has 0 aromatic heterocycles. The summed E-state index contributed by atoms with van der Waals surface area (Å²) in [6.45, 7) is 1.90. The molecule has 1 aliphatic rings. The quantitative estimate of drug-likeness (QED) is 0.736. The number of nitrogens with one attached hydrogen (secondary N) is 1. The predicted molar refractivity (Wildman–Crippen MR) is 108 cm³/mol. The molecule has 3 aromatic rings. The Bertz CT molecular complexity index is 1050. The first-order valence-corrected chi connectivity index (χ1v) is 9.81. The highest BCUT2D eigenvalue weighted by Gasteiger charge is 2.17. The minimum absolute atomic E-state index is 0. The summed E-state index contributed by atoms with van der Waals surface area (Å²) in [6.07, 6.45) is 0.942. The second-order valence-corrected chi connectivity index (χ2v) is 8.27. The van der Waals surface area contributed by atoms with Gasteiger partial charge in [-0.15, -0.1) is 12.4 Å². The molecule has 0 spiro atoms. The third kappa shape index (κ3) is 3.70. The van der Waals surface area contributed by atoms with E-state index in [1.54, 1.807) is 12.1 Å². The number of benzene rings is 3. The van der Waals surface area contributed by atoms with E-state index in [2.05, 4.69) is 16.7 Å². The summed E-state index contributed by atoms with van der Waals surface area (Å²) < 4.78 is 28.2. The molecular formula is C20H21ClN2O2S. The van der Waals surface area contributed by atoms with Crippen molar-refractivity contribution < 1.29 is 8.42 Å². The molecule has 0 saturated heterocycles. The minimum atomic E-state index is -3.60. The Morgan fingerprint density at radius 2 is 1.69 bits per heavy atom. The predicted octanol–water partition coefficient (Wildman–Crippen LogP) is 4.05. The molecule has 6 heteroatoms. The number of rotatable bonds is 3. The fraction of sp³-hybridized carbons (Fsp3) is 0.200. The Balaban J connectivity index is 0.00000196. The molecular weight excluding hydrogens is 368 g/mol. The largest absolute Gasteiger partial charge is 0.302 e. The summed E-state index contributed by atoms with van der Waals surface area (Å²) in [5, 5.41) is 1.94. The summed E-state index contributed by atoms with van der Waals surface area (Å²) in [7, 11) is -1.51. The Morgan fingerprint density at radius 1 is 0.923 bits per heavy atom. The number of hydrogen-bond donors (Lipinski definition) is 1. The third-order valence-electron chi connectivity index (χ3n) is 4.69. The van der Waals surface area contributed by atoms with Gasteiger partial charge in [0.25, 0.3) is 10.0 Å². The van der Waals surface area contributed by atoms with Crippen molar-refractivity contribution in [2.24, 2.45) is 0 Å². The van der Waals surface area contributed by atoms with Gasteiger partial charge in [0, 0.05) is 18.8 Å². The monoisotopic (exact) mass is 388 g/mol. The second kappa shape index (κ2) is 7.27. The maximum absolute atomic E-state index is 12.7. The molecule has 4 nitrogen and oxygen atoms in total. The van der Waals surface area contributed by atoms with Gasteiger partial charge in [0.1, 0.15) is 0 Å². The summed E-state index contributed by atoms with van der Waals surface area (Å²) >= 11 is 0. The number of nitrogens with zero attached hydrogens (tertiary/aromatic N) is 1. The van der Waals surface area contributed by atoms with E-state index in [0.29, 0.717) is 5.69 Å². The molecule has 136 valence electrons. The van der Waals surface area contributed by atoms with Crippen molar-refractivity contribution in [1.29, 1.82) is 0 Å². The van der Waals surface area contributed by atoms with Gasteiger partial charge < -0.3 is 4.90 Å². The molecule has 1 N–H and O–H groups in total. The van der Waals surface area contributed by atoms with Crippen LogP contribution in [0.3, 0.4) is 0 Å². The van der Waals surface area contributed by atoms with E-state index in [0.717, 1.165) is 30.3 Å². The molecule has 4 rings (SSSR count). The van der Waals surface area contributed by atoms with Gasteiger partial charge >= 0.3 is 0 Å². The lowest BCUT2D eigenvalue weighted by Gasteiger charge is -2.25. The van der Waals surface area contributed by atoms with Gasteiger partial charge in [-0.05, 0) is 59.6 Å². The van der Waals surface area contributed by atoms with Crippen molar-refractivity contribution in [2.75, 3.05) is 18.3 Å². The molecule has 1 heterocycles. The lowest BCUT2D eigenvalue weighted by atomic mass is 10.00. The van der Waals surface area contributed by atoms with Crippen LogP contribution >= 0.6 is 12.4 Å². The van der Waals surface area contributed by atoms with E-state index in [-0.39, 0.29) is 17.3 Å². The molecule has 1 aliphatic heterocycles. The Hall–Kier alpha value is -2.08. The number of likely N-dealkylation sites (N-methyl/N-ethyl adjacent to an activating group) is 1. The molecule has 0 fully saturated rings. The van der Waals surface area contributed by atoms with E-state index in [1.165, 1.54) is 11.1 Å². The van der Waals surface area contributed by atoms with Gasteiger partial charge in [-0.25, -0.2) is 8.42 Å². The topological polar surface area (TPSA) is 49.4 Å². The Labute approximate surface area is 160 Å². The summed E-state index contributed by atoms with van der Waals surface area (Å²) in [5.41, 5.74) is 3.11. The van der Waals surface area contributed by atoms with Gasteiger partial charge in [-0.1, -0.05) is 36.4 Å². The summed E-state index contributed by atoms with van der Waals surface area (Å²) in [4.78, 5) is 2.55. The van der Waals surface area contributed by atoms with Crippen LogP contribution in [0, 0.1) is 0 Å². The summed E-state index contributed by atoms with van der Waals surface area (Å²) in [5.74, 6) is 0. The highest BCUT2D eigenvalue weighted by molar-refractivity contribution is 7.92. The molecule has 0 amide bonds. The van der Waals surface area contributed by atoms with Gasteiger partial charge in [0.05, 0.1) is 4.90 Å². The first kappa shape index (κ1) is 18.7. The molecule has 26 heavy (non-hydrogen) atoms. The molecule has 3 aromatic carbocycles. The SMILES string of the molecule is CN1CCc2cc(NS(=O)(=O)c3ccc4ccccc4c3)ccc2C1.Cl. The number of halogens is 1. The number of sulfonamides is 1. The van der Waals surface area contributed by atoms with Crippen LogP contribution in [-0.2, 0) is 23.0 Å². The van der Waals surface area contributed by atoms with Gasteiger partial charge in [0.2, 0.25) is 0 Å². The molecule has 0 radical (unpaired) electrons. The average molecular weight is 389 g/mol. The first-order valence-electron chi connectivity index (χ1n) is 8.33. The first-order chi connectivity index (χ1) is 12.0. The standard InChI is InChI=1S/C20H20N2O2S.ClH/c1-22-11-10-17-12-19(8-6-18(17)14-22)21-25(23,24)20-9-7-15-4-2-3-5-16(15)13-20;/h2-9,12-13,21H,10-11,14H2,1H3;1H. The van der Waals surface area contributed by atoms with Crippen LogP contribution in [0.1, 0.15) is 11.1 Å².